The molecule has 0 heterocycles. The Morgan fingerprint density at radius 2 is 1.94 bits per heavy atom. The summed E-state index contributed by atoms with van der Waals surface area (Å²) in [4.78, 5) is 12.6. The highest BCUT2D eigenvalue weighted by atomic mass is 79.9. The molecule has 0 aliphatic heterocycles. The van der Waals surface area contributed by atoms with Crippen molar-refractivity contribution in [2.45, 2.75) is 0 Å². The first kappa shape index (κ1) is 14.4. The van der Waals surface area contributed by atoms with Crippen LogP contribution >= 0.6 is 15.9 Å². The lowest BCUT2D eigenvalue weighted by atomic mass is 10.2. The highest BCUT2D eigenvalue weighted by Gasteiger charge is 2.18. The lowest BCUT2D eigenvalue weighted by Gasteiger charge is -2.23. The van der Waals surface area contributed by atoms with E-state index in [0.29, 0.717) is 18.8 Å². The van der Waals surface area contributed by atoms with Crippen molar-refractivity contribution in [3.8, 4) is 0 Å². The fourth-order valence-corrected chi connectivity index (χ4v) is 2.04. The normalized spacial score (nSPS) is 9.89. The van der Waals surface area contributed by atoms with Crippen molar-refractivity contribution >= 4 is 27.6 Å². The molecule has 0 saturated heterocycles. The van der Waals surface area contributed by atoms with Crippen LogP contribution in [0.5, 0.6) is 0 Å². The van der Waals surface area contributed by atoms with Crippen LogP contribution in [0.15, 0.2) is 41.9 Å². The van der Waals surface area contributed by atoms with Gasteiger partial charge in [0.05, 0.1) is 15.7 Å². The quantitative estimate of drug-likeness (QED) is 0.818. The van der Waals surface area contributed by atoms with Crippen molar-refractivity contribution in [1.82, 2.24) is 0 Å². The zero-order valence-electron chi connectivity index (χ0n) is 9.70. The lowest BCUT2D eigenvalue weighted by molar-refractivity contribution is 0.0695. The Balaban J connectivity index is 3.24. The van der Waals surface area contributed by atoms with E-state index in [1.807, 2.05) is 0 Å². The zero-order chi connectivity index (χ0) is 13.7. The van der Waals surface area contributed by atoms with Gasteiger partial charge in [-0.1, -0.05) is 12.2 Å². The van der Waals surface area contributed by atoms with E-state index in [1.165, 1.54) is 12.1 Å². The van der Waals surface area contributed by atoms with Crippen molar-refractivity contribution in [2.24, 2.45) is 0 Å². The number of carbonyl (C=O) groups is 1. The summed E-state index contributed by atoms with van der Waals surface area (Å²) in [5.41, 5.74) is 0.208. The Morgan fingerprint density at radius 3 is 2.39 bits per heavy atom. The van der Waals surface area contributed by atoms with Crippen LogP contribution in [0.2, 0.25) is 0 Å². The van der Waals surface area contributed by atoms with Crippen LogP contribution in [0.4, 0.5) is 10.1 Å². The minimum atomic E-state index is -1.17. The number of halogens is 2. The lowest BCUT2D eigenvalue weighted by Crippen LogP contribution is -2.24. The summed E-state index contributed by atoms with van der Waals surface area (Å²) >= 11 is 2.97. The zero-order valence-corrected chi connectivity index (χ0v) is 11.3. The first-order valence-corrected chi connectivity index (χ1v) is 6.00. The van der Waals surface area contributed by atoms with Gasteiger partial charge < -0.3 is 10.0 Å². The third-order valence-electron chi connectivity index (χ3n) is 2.33. The Hall–Kier alpha value is -1.62. The second-order valence-electron chi connectivity index (χ2n) is 3.55. The number of benzene rings is 1. The van der Waals surface area contributed by atoms with E-state index in [2.05, 4.69) is 29.1 Å². The monoisotopic (exact) mass is 313 g/mol. The maximum atomic E-state index is 14.1. The van der Waals surface area contributed by atoms with E-state index < -0.39 is 11.8 Å². The summed E-state index contributed by atoms with van der Waals surface area (Å²) in [5, 5.41) is 8.88. The van der Waals surface area contributed by atoms with Gasteiger partial charge in [-0.2, -0.15) is 0 Å². The molecule has 5 heteroatoms. The molecule has 0 unspecified atom stereocenters. The first-order valence-electron chi connectivity index (χ1n) is 5.21. The van der Waals surface area contributed by atoms with E-state index in [4.69, 9.17) is 5.11 Å². The summed E-state index contributed by atoms with van der Waals surface area (Å²) in [6.45, 7) is 8.10. The van der Waals surface area contributed by atoms with E-state index in [1.54, 1.807) is 17.1 Å². The molecule has 0 aliphatic carbocycles. The second kappa shape index (κ2) is 6.35. The smallest absolute Gasteiger partial charge is 0.336 e. The summed E-state index contributed by atoms with van der Waals surface area (Å²) in [5.74, 6) is -1.77. The van der Waals surface area contributed by atoms with Gasteiger partial charge in [-0.3, -0.25) is 0 Å². The molecule has 0 aromatic heterocycles. The molecule has 0 fully saturated rings. The van der Waals surface area contributed by atoms with Crippen LogP contribution < -0.4 is 4.90 Å². The second-order valence-corrected chi connectivity index (χ2v) is 4.34. The molecule has 0 atom stereocenters. The summed E-state index contributed by atoms with van der Waals surface area (Å²) in [7, 11) is 0. The molecule has 0 amide bonds. The van der Waals surface area contributed by atoms with E-state index in [-0.39, 0.29) is 10.0 Å². The van der Waals surface area contributed by atoms with Crippen molar-refractivity contribution in [2.75, 3.05) is 18.0 Å². The molecular formula is C13H13BrFNO2. The molecule has 1 aromatic carbocycles. The third-order valence-corrected chi connectivity index (χ3v) is 3.11. The molecule has 0 radical (unpaired) electrons. The van der Waals surface area contributed by atoms with Gasteiger partial charge in [-0.15, -0.1) is 13.2 Å². The van der Waals surface area contributed by atoms with Crippen molar-refractivity contribution < 1.29 is 14.3 Å². The molecule has 0 saturated carbocycles. The van der Waals surface area contributed by atoms with Gasteiger partial charge in [-0.05, 0) is 28.1 Å². The average Bonchev–Trinajstić information content (AvgIpc) is 2.32. The van der Waals surface area contributed by atoms with E-state index in [0.717, 1.165) is 0 Å². The molecular weight excluding hydrogens is 301 g/mol. The van der Waals surface area contributed by atoms with Gasteiger partial charge in [-0.25, -0.2) is 9.18 Å². The predicted molar refractivity (Wildman–Crippen MR) is 73.7 cm³/mol. The molecule has 0 spiro atoms. The van der Waals surface area contributed by atoms with Gasteiger partial charge >= 0.3 is 5.97 Å². The number of aromatic carboxylic acids is 1. The molecule has 0 bridgehead atoms. The summed E-state index contributed by atoms with van der Waals surface area (Å²) in [6, 6.07) is 2.81. The van der Waals surface area contributed by atoms with Crippen molar-refractivity contribution in [1.29, 1.82) is 0 Å². The SMILES string of the molecule is C=CCN(CC=C)c1ccc(C(=O)O)c(Br)c1F. The fraction of sp³-hybridized carbons (Fsp3) is 0.154. The van der Waals surface area contributed by atoms with Crippen molar-refractivity contribution in [3.63, 3.8) is 0 Å². The average molecular weight is 314 g/mol. The third kappa shape index (κ3) is 2.98. The van der Waals surface area contributed by atoms with Gasteiger partial charge in [0.25, 0.3) is 0 Å². The number of nitrogens with zero attached hydrogens (tertiary/aromatic N) is 1. The Labute approximate surface area is 113 Å². The van der Waals surface area contributed by atoms with Crippen molar-refractivity contribution in [3.05, 3.63) is 53.3 Å². The maximum absolute atomic E-state index is 14.1. The highest BCUT2D eigenvalue weighted by Crippen LogP contribution is 2.29. The molecule has 1 rings (SSSR count). The minimum absolute atomic E-state index is 0.0503. The van der Waals surface area contributed by atoms with Gasteiger partial charge in [0.1, 0.15) is 0 Å². The molecule has 1 aromatic rings. The molecule has 0 aliphatic rings. The topological polar surface area (TPSA) is 40.5 Å². The van der Waals surface area contributed by atoms with Crippen LogP contribution in [-0.4, -0.2) is 24.2 Å². The Morgan fingerprint density at radius 1 is 1.39 bits per heavy atom. The van der Waals surface area contributed by atoms with E-state index in [9.17, 15) is 9.18 Å². The first-order chi connectivity index (χ1) is 8.52. The fourth-order valence-electron chi connectivity index (χ4n) is 1.53. The summed E-state index contributed by atoms with van der Waals surface area (Å²) < 4.78 is 14.0. The molecule has 96 valence electrons. The van der Waals surface area contributed by atoms with Gasteiger partial charge in [0.15, 0.2) is 5.82 Å². The summed E-state index contributed by atoms with van der Waals surface area (Å²) in [6.07, 6.45) is 3.28. The predicted octanol–water partition coefficient (Wildman–Crippen LogP) is 3.46. The maximum Gasteiger partial charge on any atom is 0.336 e. The molecule has 3 nitrogen and oxygen atoms in total. The molecule has 18 heavy (non-hydrogen) atoms. The largest absolute Gasteiger partial charge is 0.478 e. The van der Waals surface area contributed by atoms with Gasteiger partial charge in [0, 0.05) is 13.1 Å². The van der Waals surface area contributed by atoms with Crippen LogP contribution in [0.25, 0.3) is 0 Å². The number of hydrogen-bond donors (Lipinski definition) is 1. The van der Waals surface area contributed by atoms with Crippen LogP contribution in [0.3, 0.4) is 0 Å². The Kier molecular flexibility index (Phi) is 5.09. The minimum Gasteiger partial charge on any atom is -0.478 e. The van der Waals surface area contributed by atoms with E-state index >= 15 is 0 Å². The standard InChI is InChI=1S/C13H13BrFNO2/c1-3-7-16(8-4-2)10-6-5-9(13(17)18)11(14)12(10)15/h3-6H,1-2,7-8H2,(H,17,18). The Bertz CT molecular complexity index is 478. The van der Waals surface area contributed by atoms with Crippen LogP contribution in [-0.2, 0) is 0 Å². The number of carboxylic acid groups (broad SMARTS) is 1. The number of hydrogen-bond acceptors (Lipinski definition) is 2. The number of anilines is 1. The highest BCUT2D eigenvalue weighted by molar-refractivity contribution is 9.10. The van der Waals surface area contributed by atoms with Gasteiger partial charge in [0.2, 0.25) is 0 Å². The molecule has 1 N–H and O–H groups in total. The van der Waals surface area contributed by atoms with Crippen LogP contribution in [0, 0.1) is 5.82 Å². The number of rotatable bonds is 6. The number of carboxylic acids is 1. The van der Waals surface area contributed by atoms with Crippen LogP contribution in [0.1, 0.15) is 10.4 Å².